The number of nitrogens with one attached hydrogen (secondary N) is 1. The molecular formula is C10H17N3O. The van der Waals surface area contributed by atoms with E-state index in [1.165, 1.54) is 6.92 Å². The molecule has 0 aromatic carbocycles. The number of carbonyl (C=O) groups is 1. The molecule has 14 heavy (non-hydrogen) atoms. The highest BCUT2D eigenvalue weighted by molar-refractivity contribution is 5.87. The number of carbonyl (C=O) groups excluding carboxylic acids is 1. The van der Waals surface area contributed by atoms with Gasteiger partial charge in [0.05, 0.1) is 5.69 Å². The molecular weight excluding hydrogens is 178 g/mol. The summed E-state index contributed by atoms with van der Waals surface area (Å²) >= 11 is 0. The Morgan fingerprint density at radius 1 is 1.50 bits per heavy atom. The Hall–Kier alpha value is -1.32. The van der Waals surface area contributed by atoms with Gasteiger partial charge in [0.1, 0.15) is 5.82 Å². The number of hydrogen-bond acceptors (Lipinski definition) is 2. The fourth-order valence-electron chi connectivity index (χ4n) is 1.13. The minimum absolute atomic E-state index is 0.00841. The van der Waals surface area contributed by atoms with Crippen molar-refractivity contribution in [1.82, 2.24) is 9.78 Å². The minimum atomic E-state index is -0.0755. The minimum Gasteiger partial charge on any atom is -0.311 e. The zero-order chi connectivity index (χ0) is 10.9. The van der Waals surface area contributed by atoms with E-state index in [0.29, 0.717) is 0 Å². The third kappa shape index (κ3) is 2.34. The van der Waals surface area contributed by atoms with Gasteiger partial charge < -0.3 is 5.32 Å². The standard InChI is InChI=1S/C10H17N3O/c1-7(14)11-9-6-8(10(2,3)4)12-13(9)5/h6H,1-5H3,(H,11,14). The number of rotatable bonds is 1. The van der Waals surface area contributed by atoms with Crippen molar-refractivity contribution in [3.63, 3.8) is 0 Å². The molecule has 1 N–H and O–H groups in total. The Morgan fingerprint density at radius 2 is 2.07 bits per heavy atom. The van der Waals surface area contributed by atoms with Crippen LogP contribution in [0.3, 0.4) is 0 Å². The summed E-state index contributed by atoms with van der Waals surface area (Å²) in [5.41, 5.74) is 0.984. The van der Waals surface area contributed by atoms with E-state index < -0.39 is 0 Å². The number of aromatic nitrogens is 2. The Labute approximate surface area is 84.3 Å². The van der Waals surface area contributed by atoms with Crippen LogP contribution in [-0.4, -0.2) is 15.7 Å². The van der Waals surface area contributed by atoms with Crippen molar-refractivity contribution in [2.24, 2.45) is 7.05 Å². The Kier molecular flexibility index (Phi) is 2.64. The first-order chi connectivity index (χ1) is 6.30. The highest BCUT2D eigenvalue weighted by Gasteiger charge is 2.18. The maximum Gasteiger partial charge on any atom is 0.222 e. The van der Waals surface area contributed by atoms with E-state index in [1.54, 1.807) is 4.68 Å². The molecule has 0 aliphatic rings. The number of anilines is 1. The van der Waals surface area contributed by atoms with Gasteiger partial charge in [-0.15, -0.1) is 0 Å². The number of hydrogen-bond donors (Lipinski definition) is 1. The molecule has 0 fully saturated rings. The lowest BCUT2D eigenvalue weighted by Gasteiger charge is -2.13. The molecule has 0 aliphatic heterocycles. The third-order valence-electron chi connectivity index (χ3n) is 1.95. The summed E-state index contributed by atoms with van der Waals surface area (Å²) in [7, 11) is 1.82. The number of aryl methyl sites for hydroxylation is 1. The van der Waals surface area contributed by atoms with Crippen LogP contribution in [0.4, 0.5) is 5.82 Å². The van der Waals surface area contributed by atoms with Gasteiger partial charge in [0.15, 0.2) is 0 Å². The van der Waals surface area contributed by atoms with Gasteiger partial charge >= 0.3 is 0 Å². The fraction of sp³-hybridized carbons (Fsp3) is 0.600. The molecule has 0 bridgehead atoms. The van der Waals surface area contributed by atoms with E-state index in [1.807, 2.05) is 13.1 Å². The van der Waals surface area contributed by atoms with Crippen LogP contribution in [0, 0.1) is 0 Å². The van der Waals surface area contributed by atoms with Crippen LogP contribution in [0.1, 0.15) is 33.4 Å². The first kappa shape index (κ1) is 10.8. The third-order valence-corrected chi connectivity index (χ3v) is 1.95. The van der Waals surface area contributed by atoms with E-state index in [-0.39, 0.29) is 11.3 Å². The number of nitrogens with zero attached hydrogens (tertiary/aromatic N) is 2. The van der Waals surface area contributed by atoms with Crippen molar-refractivity contribution in [2.45, 2.75) is 33.1 Å². The molecule has 78 valence electrons. The van der Waals surface area contributed by atoms with Crippen LogP contribution >= 0.6 is 0 Å². The second kappa shape index (κ2) is 3.44. The summed E-state index contributed by atoms with van der Waals surface area (Å²) in [6, 6.07) is 1.90. The first-order valence-corrected chi connectivity index (χ1v) is 4.63. The second-order valence-electron chi connectivity index (χ2n) is 4.47. The summed E-state index contributed by atoms with van der Waals surface area (Å²) in [6.07, 6.45) is 0. The van der Waals surface area contributed by atoms with Gasteiger partial charge in [-0.1, -0.05) is 20.8 Å². The summed E-state index contributed by atoms with van der Waals surface area (Å²) in [6.45, 7) is 7.76. The van der Waals surface area contributed by atoms with Crippen LogP contribution in [0.15, 0.2) is 6.07 Å². The highest BCUT2D eigenvalue weighted by atomic mass is 16.1. The van der Waals surface area contributed by atoms with Gasteiger partial charge in [0, 0.05) is 25.5 Å². The normalized spacial score (nSPS) is 11.5. The van der Waals surface area contributed by atoms with Crippen LogP contribution in [-0.2, 0) is 17.3 Å². The molecule has 0 saturated carbocycles. The van der Waals surface area contributed by atoms with E-state index in [0.717, 1.165) is 11.5 Å². The maximum atomic E-state index is 10.9. The molecule has 1 aromatic heterocycles. The first-order valence-electron chi connectivity index (χ1n) is 4.63. The zero-order valence-corrected chi connectivity index (χ0v) is 9.38. The van der Waals surface area contributed by atoms with E-state index in [9.17, 15) is 4.79 Å². The molecule has 1 amide bonds. The van der Waals surface area contributed by atoms with Crippen molar-refractivity contribution in [3.8, 4) is 0 Å². The van der Waals surface area contributed by atoms with Crippen molar-refractivity contribution < 1.29 is 4.79 Å². The van der Waals surface area contributed by atoms with Crippen LogP contribution < -0.4 is 5.32 Å². The van der Waals surface area contributed by atoms with Crippen LogP contribution in [0.2, 0.25) is 0 Å². The monoisotopic (exact) mass is 195 g/mol. The molecule has 0 saturated heterocycles. The van der Waals surface area contributed by atoms with E-state index in [2.05, 4.69) is 31.2 Å². The fourth-order valence-corrected chi connectivity index (χ4v) is 1.13. The van der Waals surface area contributed by atoms with Gasteiger partial charge in [-0.2, -0.15) is 5.10 Å². The summed E-state index contributed by atoms with van der Waals surface area (Å²) in [4.78, 5) is 10.9. The summed E-state index contributed by atoms with van der Waals surface area (Å²) in [5.74, 6) is 0.663. The predicted octanol–water partition coefficient (Wildman–Crippen LogP) is 1.68. The molecule has 1 heterocycles. The SMILES string of the molecule is CC(=O)Nc1cc(C(C)(C)C)nn1C. The Balaban J connectivity index is 2.99. The van der Waals surface area contributed by atoms with E-state index >= 15 is 0 Å². The Bertz CT molecular complexity index is 347. The number of amides is 1. The molecule has 0 radical (unpaired) electrons. The van der Waals surface area contributed by atoms with Gasteiger partial charge in [-0.05, 0) is 0 Å². The van der Waals surface area contributed by atoms with Crippen LogP contribution in [0.25, 0.3) is 0 Å². The quantitative estimate of drug-likeness (QED) is 0.741. The van der Waals surface area contributed by atoms with Crippen molar-refractivity contribution in [1.29, 1.82) is 0 Å². The molecule has 4 nitrogen and oxygen atoms in total. The Morgan fingerprint density at radius 3 is 2.43 bits per heavy atom. The smallest absolute Gasteiger partial charge is 0.222 e. The second-order valence-corrected chi connectivity index (χ2v) is 4.47. The van der Waals surface area contributed by atoms with Crippen molar-refractivity contribution >= 4 is 11.7 Å². The largest absolute Gasteiger partial charge is 0.311 e. The predicted molar refractivity (Wildman–Crippen MR) is 56.2 cm³/mol. The average molecular weight is 195 g/mol. The van der Waals surface area contributed by atoms with Gasteiger partial charge in [0.25, 0.3) is 0 Å². The van der Waals surface area contributed by atoms with Crippen LogP contribution in [0.5, 0.6) is 0 Å². The maximum absolute atomic E-state index is 10.9. The van der Waals surface area contributed by atoms with E-state index in [4.69, 9.17) is 0 Å². The van der Waals surface area contributed by atoms with Crippen molar-refractivity contribution in [2.75, 3.05) is 5.32 Å². The molecule has 1 rings (SSSR count). The lowest BCUT2D eigenvalue weighted by Crippen LogP contribution is -2.12. The average Bonchev–Trinajstić information content (AvgIpc) is 2.30. The lowest BCUT2D eigenvalue weighted by atomic mass is 9.92. The van der Waals surface area contributed by atoms with Gasteiger partial charge in [0.2, 0.25) is 5.91 Å². The lowest BCUT2D eigenvalue weighted by molar-refractivity contribution is -0.114. The molecule has 0 aliphatic carbocycles. The topological polar surface area (TPSA) is 46.9 Å². The highest BCUT2D eigenvalue weighted by Crippen LogP contribution is 2.23. The molecule has 0 spiro atoms. The van der Waals surface area contributed by atoms with Gasteiger partial charge in [-0.3, -0.25) is 9.48 Å². The zero-order valence-electron chi connectivity index (χ0n) is 9.38. The molecule has 1 aromatic rings. The van der Waals surface area contributed by atoms with Gasteiger partial charge in [-0.25, -0.2) is 0 Å². The molecule has 0 atom stereocenters. The van der Waals surface area contributed by atoms with Crippen molar-refractivity contribution in [3.05, 3.63) is 11.8 Å². The summed E-state index contributed by atoms with van der Waals surface area (Å²) in [5, 5.41) is 7.06. The molecule has 4 heteroatoms. The molecule has 0 unspecified atom stereocenters. The summed E-state index contributed by atoms with van der Waals surface area (Å²) < 4.78 is 1.68.